The van der Waals surface area contributed by atoms with Crippen molar-refractivity contribution in [1.82, 2.24) is 0 Å². The molecule has 0 aromatic heterocycles. The van der Waals surface area contributed by atoms with E-state index in [2.05, 4.69) is 33.8 Å². The SMILES string of the molecule is CCC/C=[C](/OC)[Sn]([CH2]CCC)([CH2]CCC)[CH2]CCC. The van der Waals surface area contributed by atoms with Crippen molar-refractivity contribution < 1.29 is 4.74 Å². The molecule has 0 saturated carbocycles. The number of ether oxygens (including phenoxy) is 1. The molecule has 120 valence electrons. The molecule has 0 rings (SSSR count). The van der Waals surface area contributed by atoms with Crippen molar-refractivity contribution in [1.29, 1.82) is 0 Å². The van der Waals surface area contributed by atoms with Crippen LogP contribution >= 0.6 is 0 Å². The van der Waals surface area contributed by atoms with Gasteiger partial charge in [-0.3, -0.25) is 0 Å². The van der Waals surface area contributed by atoms with Crippen LogP contribution in [-0.4, -0.2) is 25.5 Å². The predicted molar refractivity (Wildman–Crippen MR) is 94.9 cm³/mol. The van der Waals surface area contributed by atoms with Gasteiger partial charge in [-0.05, 0) is 0 Å². The van der Waals surface area contributed by atoms with Crippen LogP contribution in [0, 0.1) is 0 Å². The number of rotatable bonds is 13. The van der Waals surface area contributed by atoms with Crippen molar-refractivity contribution in [3.63, 3.8) is 0 Å². The van der Waals surface area contributed by atoms with Crippen molar-refractivity contribution in [2.75, 3.05) is 7.11 Å². The van der Waals surface area contributed by atoms with Crippen molar-refractivity contribution >= 4 is 18.4 Å². The van der Waals surface area contributed by atoms with Crippen LogP contribution in [0.2, 0.25) is 13.3 Å². The number of allylic oxidation sites excluding steroid dienone is 1. The van der Waals surface area contributed by atoms with Gasteiger partial charge in [0.15, 0.2) is 0 Å². The van der Waals surface area contributed by atoms with Gasteiger partial charge in [-0.15, -0.1) is 0 Å². The number of methoxy groups -OCH3 is 1. The van der Waals surface area contributed by atoms with Crippen LogP contribution in [0.25, 0.3) is 0 Å². The van der Waals surface area contributed by atoms with E-state index in [0.717, 1.165) is 0 Å². The fourth-order valence-corrected chi connectivity index (χ4v) is 19.0. The zero-order valence-corrected chi connectivity index (χ0v) is 17.6. The van der Waals surface area contributed by atoms with Gasteiger partial charge in [0.1, 0.15) is 0 Å². The topological polar surface area (TPSA) is 9.23 Å². The van der Waals surface area contributed by atoms with Crippen molar-refractivity contribution in [3.8, 4) is 0 Å². The average Bonchev–Trinajstić information content (AvgIpc) is 2.48. The summed E-state index contributed by atoms with van der Waals surface area (Å²) in [6, 6.07) is 0. The minimum atomic E-state index is -2.26. The Hall–Kier alpha value is 0.339. The quantitative estimate of drug-likeness (QED) is 0.251. The summed E-state index contributed by atoms with van der Waals surface area (Å²) in [6.07, 6.45) is 13.2. The molecule has 0 aromatic rings. The summed E-state index contributed by atoms with van der Waals surface area (Å²) in [5, 5.41) is 0. The number of hydrogen-bond donors (Lipinski definition) is 0. The fraction of sp³-hybridized carbons (Fsp3) is 0.889. The van der Waals surface area contributed by atoms with E-state index in [9.17, 15) is 0 Å². The molecule has 0 amide bonds. The Morgan fingerprint density at radius 2 is 1.25 bits per heavy atom. The Morgan fingerprint density at radius 3 is 1.55 bits per heavy atom. The first-order valence-corrected chi connectivity index (χ1v) is 16.4. The maximum atomic E-state index is 5.96. The Balaban J connectivity index is 5.16. The van der Waals surface area contributed by atoms with Gasteiger partial charge in [-0.25, -0.2) is 0 Å². The van der Waals surface area contributed by atoms with Crippen LogP contribution in [0.1, 0.15) is 79.1 Å². The molecule has 0 atom stereocenters. The van der Waals surface area contributed by atoms with Gasteiger partial charge in [0.2, 0.25) is 0 Å². The van der Waals surface area contributed by atoms with Crippen molar-refractivity contribution in [2.24, 2.45) is 0 Å². The number of hydrogen-bond acceptors (Lipinski definition) is 1. The molecule has 0 aliphatic heterocycles. The van der Waals surface area contributed by atoms with E-state index in [0.29, 0.717) is 0 Å². The molecule has 0 aliphatic rings. The normalized spacial score (nSPS) is 12.8. The Morgan fingerprint density at radius 1 is 0.800 bits per heavy atom. The van der Waals surface area contributed by atoms with E-state index < -0.39 is 18.4 Å². The summed E-state index contributed by atoms with van der Waals surface area (Å²) in [7, 11) is 1.93. The van der Waals surface area contributed by atoms with Crippen LogP contribution in [0.3, 0.4) is 0 Å². The van der Waals surface area contributed by atoms with Crippen LogP contribution < -0.4 is 0 Å². The zero-order valence-electron chi connectivity index (χ0n) is 14.8. The molecular weight excluding hydrogens is 351 g/mol. The summed E-state index contributed by atoms with van der Waals surface area (Å²) in [5.74, 6) is 0. The van der Waals surface area contributed by atoms with E-state index >= 15 is 0 Å². The van der Waals surface area contributed by atoms with Crippen LogP contribution in [-0.2, 0) is 4.74 Å². The fourth-order valence-electron chi connectivity index (χ4n) is 3.08. The second-order valence-corrected chi connectivity index (χ2v) is 19.1. The first kappa shape index (κ1) is 20.3. The molecule has 20 heavy (non-hydrogen) atoms. The van der Waals surface area contributed by atoms with Gasteiger partial charge in [0, 0.05) is 0 Å². The monoisotopic (exact) mass is 390 g/mol. The van der Waals surface area contributed by atoms with E-state index in [1.807, 2.05) is 7.11 Å². The van der Waals surface area contributed by atoms with Crippen LogP contribution in [0.15, 0.2) is 9.85 Å². The van der Waals surface area contributed by atoms with E-state index in [1.165, 1.54) is 68.5 Å². The first-order valence-electron chi connectivity index (χ1n) is 8.95. The zero-order chi connectivity index (χ0) is 15.3. The Labute approximate surface area is 132 Å². The Kier molecular flexibility index (Phi) is 13.3. The third kappa shape index (κ3) is 7.38. The molecule has 0 bridgehead atoms. The molecule has 1 nitrogen and oxygen atoms in total. The number of unbranched alkanes of at least 4 members (excludes halogenated alkanes) is 4. The van der Waals surface area contributed by atoms with Gasteiger partial charge in [-0.1, -0.05) is 0 Å². The summed E-state index contributed by atoms with van der Waals surface area (Å²) < 4.78 is 12.0. The molecule has 0 N–H and O–H groups in total. The average molecular weight is 389 g/mol. The third-order valence-electron chi connectivity index (χ3n) is 4.39. The van der Waals surface area contributed by atoms with Gasteiger partial charge in [-0.2, -0.15) is 0 Å². The van der Waals surface area contributed by atoms with Gasteiger partial charge in [0.25, 0.3) is 0 Å². The van der Waals surface area contributed by atoms with E-state index in [-0.39, 0.29) is 0 Å². The molecule has 0 unspecified atom stereocenters. The maximum absolute atomic E-state index is 5.96. The minimum absolute atomic E-state index is 1.20. The molecule has 0 fully saturated rings. The molecular formula is C18H38OSn. The summed E-state index contributed by atoms with van der Waals surface area (Å²) in [5.41, 5.74) is 0. The predicted octanol–water partition coefficient (Wildman–Crippen LogP) is 6.71. The molecule has 2 heteroatoms. The van der Waals surface area contributed by atoms with E-state index in [1.54, 1.807) is 0 Å². The molecule has 0 saturated heterocycles. The molecule has 0 spiro atoms. The first-order chi connectivity index (χ1) is 9.70. The summed E-state index contributed by atoms with van der Waals surface area (Å²) in [4.78, 5) is 0. The summed E-state index contributed by atoms with van der Waals surface area (Å²) >= 11 is -2.26. The molecule has 0 aromatic carbocycles. The van der Waals surface area contributed by atoms with Crippen molar-refractivity contribution in [2.45, 2.75) is 92.4 Å². The summed E-state index contributed by atoms with van der Waals surface area (Å²) in [6.45, 7) is 9.26. The van der Waals surface area contributed by atoms with Crippen molar-refractivity contribution in [3.05, 3.63) is 9.85 Å². The molecule has 0 heterocycles. The second kappa shape index (κ2) is 13.0. The Bertz CT molecular complexity index is 226. The van der Waals surface area contributed by atoms with E-state index in [4.69, 9.17) is 4.74 Å². The van der Waals surface area contributed by atoms with Gasteiger partial charge in [0.05, 0.1) is 0 Å². The third-order valence-corrected chi connectivity index (χ3v) is 19.8. The van der Waals surface area contributed by atoms with Crippen LogP contribution in [0.5, 0.6) is 0 Å². The second-order valence-electron chi connectivity index (χ2n) is 6.15. The standard InChI is InChI=1S/C6H11O.3C4H9.Sn/c1-3-4-5-6-7-2;3*1-3-4-2;/h5H,3-4H2,1-2H3;3*1,3-4H2,2H3;. The van der Waals surface area contributed by atoms with Gasteiger partial charge >= 0.3 is 132 Å². The molecule has 0 aliphatic carbocycles. The molecule has 0 radical (unpaired) electrons. The van der Waals surface area contributed by atoms with Gasteiger partial charge < -0.3 is 0 Å². The van der Waals surface area contributed by atoms with Crippen LogP contribution in [0.4, 0.5) is 0 Å².